The number of rotatable bonds is 8. The number of nitrogens with one attached hydrogen (secondary N) is 2. The fourth-order valence-electron chi connectivity index (χ4n) is 3.04. The Labute approximate surface area is 151 Å². The number of morpholine rings is 1. The molecular formula is C18H34N6O. The molecule has 1 aromatic rings. The van der Waals surface area contributed by atoms with Gasteiger partial charge >= 0.3 is 0 Å². The lowest BCUT2D eigenvalue weighted by Crippen LogP contribution is -2.39. The van der Waals surface area contributed by atoms with Crippen LogP contribution in [0.4, 0.5) is 0 Å². The van der Waals surface area contributed by atoms with Crippen LogP contribution in [-0.4, -0.2) is 66.6 Å². The molecular weight excluding hydrogens is 316 g/mol. The molecule has 142 valence electrons. The average Bonchev–Trinajstić information content (AvgIpc) is 2.85. The lowest BCUT2D eigenvalue weighted by Gasteiger charge is -2.26. The van der Waals surface area contributed by atoms with Gasteiger partial charge in [0.25, 0.3) is 0 Å². The number of aliphatic imine (C=N–C) groups is 1. The average molecular weight is 351 g/mol. The molecule has 1 aliphatic heterocycles. The van der Waals surface area contributed by atoms with E-state index in [2.05, 4.69) is 34.5 Å². The van der Waals surface area contributed by atoms with Gasteiger partial charge in [0, 0.05) is 44.5 Å². The van der Waals surface area contributed by atoms with Crippen molar-refractivity contribution < 1.29 is 4.74 Å². The molecule has 0 spiro atoms. The van der Waals surface area contributed by atoms with Crippen LogP contribution in [-0.2, 0) is 18.3 Å². The molecule has 1 aromatic heterocycles. The van der Waals surface area contributed by atoms with E-state index in [1.807, 2.05) is 18.7 Å². The fourth-order valence-corrected chi connectivity index (χ4v) is 3.04. The van der Waals surface area contributed by atoms with Gasteiger partial charge < -0.3 is 15.4 Å². The minimum absolute atomic E-state index is 0.661. The molecule has 2 rings (SSSR count). The summed E-state index contributed by atoms with van der Waals surface area (Å²) in [4.78, 5) is 7.20. The van der Waals surface area contributed by atoms with Gasteiger partial charge in [0.2, 0.25) is 0 Å². The van der Waals surface area contributed by atoms with Gasteiger partial charge in [0.1, 0.15) is 0 Å². The summed E-state index contributed by atoms with van der Waals surface area (Å²) in [7, 11) is 1.98. The molecule has 25 heavy (non-hydrogen) atoms. The molecule has 7 nitrogen and oxygen atoms in total. The van der Waals surface area contributed by atoms with Crippen LogP contribution < -0.4 is 10.6 Å². The number of hydrogen-bond acceptors (Lipinski definition) is 4. The Hall–Kier alpha value is -1.60. The monoisotopic (exact) mass is 350 g/mol. The van der Waals surface area contributed by atoms with Crippen molar-refractivity contribution in [3.63, 3.8) is 0 Å². The summed E-state index contributed by atoms with van der Waals surface area (Å²) in [5.41, 5.74) is 3.46. The van der Waals surface area contributed by atoms with Crippen molar-refractivity contribution in [3.05, 3.63) is 17.0 Å². The van der Waals surface area contributed by atoms with Crippen molar-refractivity contribution in [3.8, 4) is 0 Å². The number of guanidine groups is 1. The lowest BCUT2D eigenvalue weighted by molar-refractivity contribution is 0.0372. The van der Waals surface area contributed by atoms with Crippen LogP contribution >= 0.6 is 0 Å². The quantitative estimate of drug-likeness (QED) is 0.419. The molecule has 0 atom stereocenters. The molecule has 0 radical (unpaired) electrons. The zero-order valence-electron chi connectivity index (χ0n) is 16.3. The molecule has 0 aliphatic carbocycles. The Kier molecular flexibility index (Phi) is 8.21. The van der Waals surface area contributed by atoms with Crippen LogP contribution in [0.2, 0.25) is 0 Å². The molecule has 0 amide bonds. The van der Waals surface area contributed by atoms with Crippen molar-refractivity contribution in [2.75, 3.05) is 45.9 Å². The van der Waals surface area contributed by atoms with Gasteiger partial charge in [-0.1, -0.05) is 0 Å². The van der Waals surface area contributed by atoms with Crippen molar-refractivity contribution in [2.45, 2.75) is 40.2 Å². The largest absolute Gasteiger partial charge is 0.379 e. The number of hydrogen-bond donors (Lipinski definition) is 2. The Bertz CT molecular complexity index is 548. The van der Waals surface area contributed by atoms with Crippen LogP contribution in [0.5, 0.6) is 0 Å². The SMILES string of the molecule is CCNC(=NCc1c(C)nn(C)c1C)NCCCCN1CCOCC1. The lowest BCUT2D eigenvalue weighted by atomic mass is 10.2. The molecule has 1 fully saturated rings. The summed E-state index contributed by atoms with van der Waals surface area (Å²) in [6, 6.07) is 0. The summed E-state index contributed by atoms with van der Waals surface area (Å²) >= 11 is 0. The van der Waals surface area contributed by atoms with Crippen LogP contribution in [0.15, 0.2) is 4.99 Å². The first-order chi connectivity index (χ1) is 12.1. The number of aromatic nitrogens is 2. The normalized spacial score (nSPS) is 16.2. The highest BCUT2D eigenvalue weighted by molar-refractivity contribution is 5.79. The van der Waals surface area contributed by atoms with Gasteiger partial charge in [-0.25, -0.2) is 4.99 Å². The smallest absolute Gasteiger partial charge is 0.191 e. The minimum atomic E-state index is 0.661. The molecule has 1 saturated heterocycles. The highest BCUT2D eigenvalue weighted by Crippen LogP contribution is 2.12. The number of unbranched alkanes of at least 4 members (excludes halogenated alkanes) is 1. The molecule has 0 bridgehead atoms. The number of aryl methyl sites for hydroxylation is 2. The minimum Gasteiger partial charge on any atom is -0.379 e. The van der Waals surface area contributed by atoms with Gasteiger partial charge in [0.05, 0.1) is 25.5 Å². The molecule has 0 unspecified atom stereocenters. The second kappa shape index (κ2) is 10.4. The Morgan fingerprint density at radius 2 is 1.96 bits per heavy atom. The third-order valence-corrected chi connectivity index (χ3v) is 4.70. The van der Waals surface area contributed by atoms with E-state index >= 15 is 0 Å². The first-order valence-corrected chi connectivity index (χ1v) is 9.43. The van der Waals surface area contributed by atoms with E-state index in [1.54, 1.807) is 0 Å². The third-order valence-electron chi connectivity index (χ3n) is 4.70. The number of ether oxygens (including phenoxy) is 1. The molecule has 0 saturated carbocycles. The summed E-state index contributed by atoms with van der Waals surface area (Å²) in [6.07, 6.45) is 2.35. The topological polar surface area (TPSA) is 66.7 Å². The highest BCUT2D eigenvalue weighted by atomic mass is 16.5. The van der Waals surface area contributed by atoms with E-state index in [9.17, 15) is 0 Å². The third kappa shape index (κ3) is 6.32. The Balaban J connectivity index is 1.73. The maximum absolute atomic E-state index is 5.38. The second-order valence-electron chi connectivity index (χ2n) is 6.56. The standard InChI is InChI=1S/C18H34N6O/c1-5-19-18(21-14-17-15(2)22-23(4)16(17)3)20-8-6-7-9-24-10-12-25-13-11-24/h5-14H2,1-4H3,(H2,19,20,21). The van der Waals surface area contributed by atoms with Crippen molar-refractivity contribution >= 4 is 5.96 Å². The zero-order valence-corrected chi connectivity index (χ0v) is 16.3. The number of nitrogens with zero attached hydrogens (tertiary/aromatic N) is 4. The summed E-state index contributed by atoms with van der Waals surface area (Å²) in [6.45, 7) is 13.8. The van der Waals surface area contributed by atoms with Gasteiger partial charge in [-0.15, -0.1) is 0 Å². The highest BCUT2D eigenvalue weighted by Gasteiger charge is 2.10. The summed E-state index contributed by atoms with van der Waals surface area (Å²) in [5.74, 6) is 0.886. The maximum atomic E-state index is 5.38. The molecule has 0 aromatic carbocycles. The van der Waals surface area contributed by atoms with Crippen molar-refractivity contribution in [1.29, 1.82) is 0 Å². The Morgan fingerprint density at radius 1 is 1.20 bits per heavy atom. The van der Waals surface area contributed by atoms with Crippen molar-refractivity contribution in [2.24, 2.45) is 12.0 Å². The first-order valence-electron chi connectivity index (χ1n) is 9.43. The predicted octanol–water partition coefficient (Wildman–Crippen LogP) is 1.20. The van der Waals surface area contributed by atoms with E-state index in [1.165, 1.54) is 17.7 Å². The molecule has 7 heteroatoms. The molecule has 2 heterocycles. The first kappa shape index (κ1) is 19.7. The molecule has 1 aliphatic rings. The van der Waals surface area contributed by atoms with Gasteiger partial charge in [-0.05, 0) is 40.2 Å². The van der Waals surface area contributed by atoms with Crippen LogP contribution in [0.25, 0.3) is 0 Å². The maximum Gasteiger partial charge on any atom is 0.191 e. The second-order valence-corrected chi connectivity index (χ2v) is 6.56. The van der Waals surface area contributed by atoms with Gasteiger partial charge in [-0.2, -0.15) is 5.10 Å². The van der Waals surface area contributed by atoms with E-state index in [0.29, 0.717) is 6.54 Å². The van der Waals surface area contributed by atoms with E-state index in [0.717, 1.165) is 64.0 Å². The predicted molar refractivity (Wildman–Crippen MR) is 102 cm³/mol. The summed E-state index contributed by atoms with van der Waals surface area (Å²) in [5, 5.41) is 11.2. The van der Waals surface area contributed by atoms with Gasteiger partial charge in [-0.3, -0.25) is 9.58 Å². The fraction of sp³-hybridized carbons (Fsp3) is 0.778. The summed E-state index contributed by atoms with van der Waals surface area (Å²) < 4.78 is 7.31. The zero-order chi connectivity index (χ0) is 18.1. The van der Waals surface area contributed by atoms with Gasteiger partial charge in [0.15, 0.2) is 5.96 Å². The molecule has 2 N–H and O–H groups in total. The van der Waals surface area contributed by atoms with E-state index in [-0.39, 0.29) is 0 Å². The van der Waals surface area contributed by atoms with Crippen molar-refractivity contribution in [1.82, 2.24) is 25.3 Å². The van der Waals surface area contributed by atoms with Crippen LogP contribution in [0.3, 0.4) is 0 Å². The van der Waals surface area contributed by atoms with Crippen LogP contribution in [0.1, 0.15) is 36.7 Å². The Morgan fingerprint density at radius 3 is 2.60 bits per heavy atom. The van der Waals surface area contributed by atoms with E-state index < -0.39 is 0 Å². The van der Waals surface area contributed by atoms with E-state index in [4.69, 9.17) is 9.73 Å². The van der Waals surface area contributed by atoms with Crippen LogP contribution in [0, 0.1) is 13.8 Å².